The van der Waals surface area contributed by atoms with E-state index in [2.05, 4.69) is 16.0 Å². The summed E-state index contributed by atoms with van der Waals surface area (Å²) in [6.45, 7) is 3.96. The largest absolute Gasteiger partial charge is 0.440 e. The number of benzene rings is 2. The molecule has 2 aromatic heterocycles. The molecule has 0 spiro atoms. The van der Waals surface area contributed by atoms with Crippen LogP contribution in [-0.2, 0) is 6.54 Å². The van der Waals surface area contributed by atoms with E-state index < -0.39 is 0 Å². The highest BCUT2D eigenvalue weighted by Crippen LogP contribution is 2.35. The molecule has 0 radical (unpaired) electrons. The highest BCUT2D eigenvalue weighted by Gasteiger charge is 2.28. The second-order valence-corrected chi connectivity index (χ2v) is 7.68. The summed E-state index contributed by atoms with van der Waals surface area (Å²) in [7, 11) is 0. The molecule has 1 saturated heterocycles. The topological polar surface area (TPSA) is 75.1 Å². The van der Waals surface area contributed by atoms with Crippen LogP contribution in [0.2, 0.25) is 0 Å². The van der Waals surface area contributed by atoms with Gasteiger partial charge in [-0.05, 0) is 38.0 Å². The molecule has 0 bridgehead atoms. The predicted octanol–water partition coefficient (Wildman–Crippen LogP) is 4.42. The van der Waals surface area contributed by atoms with E-state index in [0.717, 1.165) is 59.5 Å². The lowest BCUT2D eigenvalue weighted by Gasteiger charge is -2.33. The predicted molar refractivity (Wildman–Crippen MR) is 117 cm³/mol. The van der Waals surface area contributed by atoms with Crippen LogP contribution in [0.15, 0.2) is 57.7 Å². The summed E-state index contributed by atoms with van der Waals surface area (Å²) in [4.78, 5) is 19.8. The average molecular weight is 398 g/mol. The van der Waals surface area contributed by atoms with Gasteiger partial charge in [-0.2, -0.15) is 5.26 Å². The Morgan fingerprint density at radius 1 is 1.13 bits per heavy atom. The van der Waals surface area contributed by atoms with Gasteiger partial charge in [-0.3, -0.25) is 4.79 Å². The molecule has 3 heterocycles. The summed E-state index contributed by atoms with van der Waals surface area (Å²) in [5, 5.41) is 10.8. The molecule has 2 aromatic carbocycles. The van der Waals surface area contributed by atoms with Gasteiger partial charge in [0.15, 0.2) is 11.5 Å². The van der Waals surface area contributed by atoms with Gasteiger partial charge in [0.2, 0.25) is 0 Å². The third-order valence-corrected chi connectivity index (χ3v) is 6.04. The van der Waals surface area contributed by atoms with Crippen LogP contribution < -0.4 is 10.5 Å². The molecule has 0 unspecified atom stereocenters. The van der Waals surface area contributed by atoms with E-state index in [1.807, 2.05) is 55.5 Å². The molecule has 6 heteroatoms. The first-order valence-corrected chi connectivity index (χ1v) is 10.4. The summed E-state index contributed by atoms with van der Waals surface area (Å²) in [6.07, 6.45) is 1.73. The minimum atomic E-state index is -0.213. The molecule has 1 aliphatic rings. The Morgan fingerprint density at radius 2 is 1.87 bits per heavy atom. The molecule has 6 nitrogen and oxygen atoms in total. The number of hydrogen-bond donors (Lipinski definition) is 0. The van der Waals surface area contributed by atoms with E-state index in [9.17, 15) is 10.1 Å². The van der Waals surface area contributed by atoms with E-state index in [1.54, 1.807) is 4.57 Å². The van der Waals surface area contributed by atoms with Crippen molar-refractivity contribution < 1.29 is 4.42 Å². The molecule has 0 atom stereocenters. The van der Waals surface area contributed by atoms with Crippen LogP contribution in [0.5, 0.6) is 0 Å². The number of fused-ring (bicyclic) bond motifs is 2. The Hall–Kier alpha value is -3.59. The molecule has 5 rings (SSSR count). The Labute approximate surface area is 174 Å². The van der Waals surface area contributed by atoms with Crippen molar-refractivity contribution in [3.8, 4) is 6.07 Å². The normalized spacial score (nSPS) is 15.0. The highest BCUT2D eigenvalue weighted by atomic mass is 16.3. The maximum Gasteiger partial charge on any atom is 0.271 e. The van der Waals surface area contributed by atoms with Gasteiger partial charge in [0.1, 0.15) is 17.1 Å². The third kappa shape index (κ3) is 2.86. The second-order valence-electron chi connectivity index (χ2n) is 7.68. The number of pyridine rings is 1. The summed E-state index contributed by atoms with van der Waals surface area (Å²) < 4.78 is 7.66. The fourth-order valence-corrected chi connectivity index (χ4v) is 4.55. The molecule has 1 aliphatic heterocycles. The number of nitrogens with zero attached hydrogens (tertiary/aromatic N) is 4. The zero-order valence-electron chi connectivity index (χ0n) is 16.8. The van der Waals surface area contributed by atoms with Crippen LogP contribution in [0, 0.1) is 11.3 Å². The second kappa shape index (κ2) is 7.34. The summed E-state index contributed by atoms with van der Waals surface area (Å²) in [6, 6.07) is 17.9. The molecule has 1 fully saturated rings. The smallest absolute Gasteiger partial charge is 0.271 e. The number of rotatable bonds is 3. The molecule has 0 N–H and O–H groups in total. The molecule has 30 heavy (non-hydrogen) atoms. The van der Waals surface area contributed by atoms with E-state index in [1.165, 1.54) is 0 Å². The molecule has 0 saturated carbocycles. The van der Waals surface area contributed by atoms with Crippen molar-refractivity contribution in [3.63, 3.8) is 0 Å². The van der Waals surface area contributed by atoms with E-state index in [4.69, 9.17) is 4.42 Å². The Balaban J connectivity index is 1.50. The van der Waals surface area contributed by atoms with Crippen molar-refractivity contribution in [3.05, 3.63) is 70.3 Å². The molecule has 4 aromatic rings. The fraction of sp³-hybridized carbons (Fsp3) is 0.292. The van der Waals surface area contributed by atoms with Crippen LogP contribution in [0.3, 0.4) is 0 Å². The van der Waals surface area contributed by atoms with Crippen LogP contribution in [-0.4, -0.2) is 22.6 Å². The lowest BCUT2D eigenvalue weighted by Crippen LogP contribution is -2.36. The minimum absolute atomic E-state index is 0.213. The summed E-state index contributed by atoms with van der Waals surface area (Å²) >= 11 is 0. The summed E-state index contributed by atoms with van der Waals surface area (Å²) in [5.41, 5.74) is 3.36. The lowest BCUT2D eigenvalue weighted by molar-refractivity contribution is 0.407. The minimum Gasteiger partial charge on any atom is -0.440 e. The van der Waals surface area contributed by atoms with E-state index in [-0.39, 0.29) is 17.0 Å². The number of hydrogen-bond acceptors (Lipinski definition) is 5. The van der Waals surface area contributed by atoms with Crippen LogP contribution in [0.4, 0.5) is 5.69 Å². The lowest BCUT2D eigenvalue weighted by atomic mass is 9.95. The van der Waals surface area contributed by atoms with Crippen molar-refractivity contribution in [2.75, 3.05) is 18.0 Å². The van der Waals surface area contributed by atoms with Gasteiger partial charge in [0.05, 0.1) is 11.2 Å². The quantitative estimate of drug-likeness (QED) is 0.511. The number of oxazole rings is 1. The van der Waals surface area contributed by atoms with Gasteiger partial charge in [-0.15, -0.1) is 0 Å². The molecular weight excluding hydrogens is 376 g/mol. The molecular formula is C24H22N4O2. The maximum atomic E-state index is 13.0. The SMILES string of the molecule is CCn1c(=O)c(C#N)c(N2CCC(c3nc4ccccc4o3)CC2)c2ccccc21. The van der Waals surface area contributed by atoms with Crippen molar-refractivity contribution in [1.82, 2.24) is 9.55 Å². The fourth-order valence-electron chi connectivity index (χ4n) is 4.55. The van der Waals surface area contributed by atoms with Gasteiger partial charge in [0, 0.05) is 30.9 Å². The first-order valence-electron chi connectivity index (χ1n) is 10.4. The first kappa shape index (κ1) is 18.4. The Kier molecular flexibility index (Phi) is 4.51. The molecule has 150 valence electrons. The Morgan fingerprint density at radius 3 is 2.60 bits per heavy atom. The number of nitriles is 1. The maximum absolute atomic E-state index is 13.0. The average Bonchev–Trinajstić information content (AvgIpc) is 3.23. The first-order chi connectivity index (χ1) is 14.7. The standard InChI is InChI=1S/C24H22N4O2/c1-2-28-20-9-5-3-7-17(20)22(18(15-25)24(28)29)27-13-11-16(12-14-27)23-26-19-8-4-6-10-21(19)30-23/h3-10,16H,2,11-14H2,1H3. The van der Waals surface area contributed by atoms with Gasteiger partial charge in [-0.1, -0.05) is 30.3 Å². The van der Waals surface area contributed by atoms with Crippen molar-refractivity contribution in [2.45, 2.75) is 32.2 Å². The monoisotopic (exact) mass is 398 g/mol. The van der Waals surface area contributed by atoms with Gasteiger partial charge in [-0.25, -0.2) is 4.98 Å². The van der Waals surface area contributed by atoms with Gasteiger partial charge >= 0.3 is 0 Å². The summed E-state index contributed by atoms with van der Waals surface area (Å²) in [5.74, 6) is 1.02. The third-order valence-electron chi connectivity index (χ3n) is 6.04. The number of anilines is 1. The number of aromatic nitrogens is 2. The number of para-hydroxylation sites is 3. The zero-order chi connectivity index (χ0) is 20.7. The van der Waals surface area contributed by atoms with E-state index in [0.29, 0.717) is 6.54 Å². The highest BCUT2D eigenvalue weighted by molar-refractivity contribution is 5.95. The van der Waals surface area contributed by atoms with Crippen molar-refractivity contribution in [2.24, 2.45) is 0 Å². The van der Waals surface area contributed by atoms with Crippen LogP contribution >= 0.6 is 0 Å². The Bertz CT molecular complexity index is 1300. The van der Waals surface area contributed by atoms with Gasteiger partial charge < -0.3 is 13.9 Å². The van der Waals surface area contributed by atoms with Gasteiger partial charge in [0.25, 0.3) is 5.56 Å². The van der Waals surface area contributed by atoms with Crippen molar-refractivity contribution >= 4 is 27.7 Å². The molecule has 0 amide bonds. The molecule has 0 aliphatic carbocycles. The van der Waals surface area contributed by atoms with E-state index >= 15 is 0 Å². The zero-order valence-corrected chi connectivity index (χ0v) is 16.8. The van der Waals surface area contributed by atoms with Crippen LogP contribution in [0.25, 0.3) is 22.0 Å². The van der Waals surface area contributed by atoms with Crippen LogP contribution in [0.1, 0.15) is 37.1 Å². The number of aryl methyl sites for hydroxylation is 1. The van der Waals surface area contributed by atoms with Crippen molar-refractivity contribution in [1.29, 1.82) is 5.26 Å². The number of piperidine rings is 1.